The molecule has 0 spiro atoms. The van der Waals surface area contributed by atoms with Crippen LogP contribution in [0.3, 0.4) is 0 Å². The normalized spacial score (nSPS) is 9.58. The monoisotopic (exact) mass is 316 g/mol. The minimum Gasteiger partial charge on any atom is -0.351 e. The molecule has 19 heavy (non-hydrogen) atoms. The van der Waals surface area contributed by atoms with Crippen molar-refractivity contribution in [3.05, 3.63) is 58.6 Å². The van der Waals surface area contributed by atoms with Crippen molar-refractivity contribution in [1.29, 1.82) is 0 Å². The molecule has 0 heterocycles. The maximum absolute atomic E-state index is 11.6. The Balaban J connectivity index is 0.00000180. The summed E-state index contributed by atoms with van der Waals surface area (Å²) in [6.45, 7) is 0. The van der Waals surface area contributed by atoms with E-state index in [1.165, 1.54) is 4.90 Å². The van der Waals surface area contributed by atoms with Crippen LogP contribution in [-0.2, 0) is 0 Å². The summed E-state index contributed by atoms with van der Waals surface area (Å²) >= 11 is 11.6. The second-order valence-electron chi connectivity index (χ2n) is 3.63. The highest BCUT2D eigenvalue weighted by molar-refractivity contribution is 6.31. The van der Waals surface area contributed by atoms with Gasteiger partial charge in [-0.3, -0.25) is 4.90 Å². The number of nitrogens with two attached hydrogens (primary N) is 1. The average molecular weight is 318 g/mol. The van der Waals surface area contributed by atoms with Crippen molar-refractivity contribution in [2.45, 2.75) is 0 Å². The standard InChI is InChI=1S/C13H10Cl2N2O.ClH/c14-9-1-5-11(6-2-9)17(13(16)18)12-7-3-10(15)4-8-12;/h1-8H,(H2,16,18);1H. The molecule has 2 amide bonds. The van der Waals surface area contributed by atoms with Crippen LogP contribution in [0.4, 0.5) is 16.2 Å². The zero-order valence-corrected chi connectivity index (χ0v) is 12.0. The lowest BCUT2D eigenvalue weighted by molar-refractivity contribution is 0.256. The van der Waals surface area contributed by atoms with E-state index in [0.717, 1.165) is 0 Å². The summed E-state index contributed by atoms with van der Waals surface area (Å²) in [5.74, 6) is 0. The van der Waals surface area contributed by atoms with Crippen LogP contribution < -0.4 is 10.6 Å². The fourth-order valence-corrected chi connectivity index (χ4v) is 1.84. The SMILES string of the molecule is Cl.NC(=O)N(c1ccc(Cl)cc1)c1ccc(Cl)cc1. The molecule has 2 N–H and O–H groups in total. The average Bonchev–Trinajstić information content (AvgIpc) is 2.34. The highest BCUT2D eigenvalue weighted by atomic mass is 35.5. The molecule has 0 saturated heterocycles. The number of hydrogen-bond donors (Lipinski definition) is 1. The van der Waals surface area contributed by atoms with Gasteiger partial charge in [-0.05, 0) is 48.5 Å². The number of hydrogen-bond acceptors (Lipinski definition) is 1. The van der Waals surface area contributed by atoms with Crippen LogP contribution in [0.25, 0.3) is 0 Å². The molecule has 0 aromatic heterocycles. The minimum atomic E-state index is -0.570. The number of carbonyl (C=O) groups excluding carboxylic acids is 1. The topological polar surface area (TPSA) is 46.3 Å². The first-order valence-corrected chi connectivity index (χ1v) is 5.94. The fraction of sp³-hybridized carbons (Fsp3) is 0. The van der Waals surface area contributed by atoms with Crippen molar-refractivity contribution in [3.63, 3.8) is 0 Å². The van der Waals surface area contributed by atoms with E-state index < -0.39 is 6.03 Å². The van der Waals surface area contributed by atoms with Gasteiger partial charge in [0, 0.05) is 10.0 Å². The minimum absolute atomic E-state index is 0. The molecule has 100 valence electrons. The van der Waals surface area contributed by atoms with Crippen LogP contribution in [0.5, 0.6) is 0 Å². The van der Waals surface area contributed by atoms with Crippen LogP contribution in [0.2, 0.25) is 10.0 Å². The summed E-state index contributed by atoms with van der Waals surface area (Å²) in [7, 11) is 0. The van der Waals surface area contributed by atoms with Gasteiger partial charge in [-0.1, -0.05) is 23.2 Å². The summed E-state index contributed by atoms with van der Waals surface area (Å²) in [5, 5.41) is 1.19. The number of carbonyl (C=O) groups is 1. The molecule has 0 aliphatic heterocycles. The van der Waals surface area contributed by atoms with E-state index in [0.29, 0.717) is 21.4 Å². The number of halogens is 3. The van der Waals surface area contributed by atoms with Gasteiger partial charge in [0.05, 0.1) is 11.4 Å². The van der Waals surface area contributed by atoms with Crippen LogP contribution >= 0.6 is 35.6 Å². The zero-order valence-electron chi connectivity index (χ0n) is 9.72. The molecule has 0 aliphatic rings. The Bertz CT molecular complexity index is 510. The van der Waals surface area contributed by atoms with Crippen molar-refractivity contribution in [3.8, 4) is 0 Å². The first-order valence-electron chi connectivity index (χ1n) is 5.18. The van der Waals surface area contributed by atoms with E-state index in [1.54, 1.807) is 48.5 Å². The molecule has 0 unspecified atom stereocenters. The van der Waals surface area contributed by atoms with E-state index in [4.69, 9.17) is 28.9 Å². The number of nitrogens with zero attached hydrogens (tertiary/aromatic N) is 1. The first kappa shape index (κ1) is 15.6. The maximum Gasteiger partial charge on any atom is 0.323 e. The Labute approximate surface area is 127 Å². The van der Waals surface area contributed by atoms with Gasteiger partial charge in [0.15, 0.2) is 0 Å². The summed E-state index contributed by atoms with van der Waals surface area (Å²) in [5.41, 5.74) is 6.69. The van der Waals surface area contributed by atoms with E-state index in [2.05, 4.69) is 0 Å². The lowest BCUT2D eigenvalue weighted by Gasteiger charge is -2.20. The van der Waals surface area contributed by atoms with Gasteiger partial charge >= 0.3 is 6.03 Å². The quantitative estimate of drug-likeness (QED) is 0.862. The Morgan fingerprint density at radius 3 is 1.42 bits per heavy atom. The van der Waals surface area contributed by atoms with Gasteiger partial charge in [0.25, 0.3) is 0 Å². The van der Waals surface area contributed by atoms with Gasteiger partial charge in [0.2, 0.25) is 0 Å². The third-order valence-corrected chi connectivity index (χ3v) is 2.89. The van der Waals surface area contributed by atoms with Crippen LogP contribution in [0.1, 0.15) is 0 Å². The lowest BCUT2D eigenvalue weighted by Crippen LogP contribution is -2.31. The number of urea groups is 1. The Hall–Kier alpha value is -1.42. The van der Waals surface area contributed by atoms with Gasteiger partial charge in [-0.15, -0.1) is 12.4 Å². The zero-order chi connectivity index (χ0) is 13.1. The van der Waals surface area contributed by atoms with Crippen molar-refractivity contribution >= 4 is 53.0 Å². The summed E-state index contributed by atoms with van der Waals surface area (Å²) in [6, 6.07) is 13.1. The maximum atomic E-state index is 11.6. The second-order valence-corrected chi connectivity index (χ2v) is 4.50. The lowest BCUT2D eigenvalue weighted by atomic mass is 10.2. The number of amides is 2. The van der Waals surface area contributed by atoms with Gasteiger partial charge in [-0.25, -0.2) is 4.79 Å². The molecule has 0 atom stereocenters. The Kier molecular flexibility index (Phi) is 5.48. The van der Waals surface area contributed by atoms with Gasteiger partial charge in [-0.2, -0.15) is 0 Å². The second kappa shape index (κ2) is 6.66. The molecule has 0 saturated carbocycles. The van der Waals surface area contributed by atoms with Gasteiger partial charge < -0.3 is 5.73 Å². The molecular weight excluding hydrogens is 307 g/mol. The van der Waals surface area contributed by atoms with Crippen molar-refractivity contribution in [1.82, 2.24) is 0 Å². The summed E-state index contributed by atoms with van der Waals surface area (Å²) in [6.07, 6.45) is 0. The highest BCUT2D eigenvalue weighted by Crippen LogP contribution is 2.27. The molecule has 2 rings (SSSR count). The predicted octanol–water partition coefficient (Wildman–Crippen LogP) is 4.63. The predicted molar refractivity (Wildman–Crippen MR) is 81.9 cm³/mol. The number of primary amides is 1. The van der Waals surface area contributed by atoms with E-state index in [9.17, 15) is 4.79 Å². The van der Waals surface area contributed by atoms with Crippen molar-refractivity contribution in [2.75, 3.05) is 4.90 Å². The molecule has 0 fully saturated rings. The smallest absolute Gasteiger partial charge is 0.323 e. The molecule has 2 aromatic carbocycles. The van der Waals surface area contributed by atoms with Crippen molar-refractivity contribution in [2.24, 2.45) is 5.73 Å². The molecule has 6 heteroatoms. The van der Waals surface area contributed by atoms with Gasteiger partial charge in [0.1, 0.15) is 0 Å². The highest BCUT2D eigenvalue weighted by Gasteiger charge is 2.14. The Morgan fingerprint density at radius 1 is 0.842 bits per heavy atom. The summed E-state index contributed by atoms with van der Waals surface area (Å²) in [4.78, 5) is 12.9. The third kappa shape index (κ3) is 3.77. The van der Waals surface area contributed by atoms with E-state index >= 15 is 0 Å². The van der Waals surface area contributed by atoms with Crippen LogP contribution in [0, 0.1) is 0 Å². The van der Waals surface area contributed by atoms with Crippen LogP contribution in [0.15, 0.2) is 48.5 Å². The third-order valence-electron chi connectivity index (χ3n) is 2.39. The van der Waals surface area contributed by atoms with Crippen LogP contribution in [-0.4, -0.2) is 6.03 Å². The number of anilines is 2. The van der Waals surface area contributed by atoms with E-state index in [-0.39, 0.29) is 12.4 Å². The fourth-order valence-electron chi connectivity index (χ4n) is 1.58. The van der Waals surface area contributed by atoms with Crippen molar-refractivity contribution < 1.29 is 4.79 Å². The molecule has 0 radical (unpaired) electrons. The molecule has 0 aliphatic carbocycles. The Morgan fingerprint density at radius 2 is 1.16 bits per heavy atom. The van der Waals surface area contributed by atoms with E-state index in [1.807, 2.05) is 0 Å². The molecule has 2 aromatic rings. The summed E-state index contributed by atoms with van der Waals surface area (Å²) < 4.78 is 0. The number of rotatable bonds is 2. The molecular formula is C13H11Cl3N2O. The first-order chi connectivity index (χ1) is 8.58. The molecule has 3 nitrogen and oxygen atoms in total. The largest absolute Gasteiger partial charge is 0.351 e. The number of benzene rings is 2. The molecule has 0 bridgehead atoms.